The molecule has 1 saturated heterocycles. The van der Waals surface area contributed by atoms with E-state index in [1.165, 1.54) is 18.2 Å². The van der Waals surface area contributed by atoms with Gasteiger partial charge in [0.25, 0.3) is 5.91 Å². The Balaban J connectivity index is 1.74. The fraction of sp³-hybridized carbons (Fsp3) is 0.571. The average Bonchev–Trinajstić information content (AvgIpc) is 3.01. The molecular formula is C21H27ClN2O5. The maximum absolute atomic E-state index is 13.0. The van der Waals surface area contributed by atoms with Crippen LogP contribution in [0.5, 0.6) is 5.75 Å². The third-order valence-corrected chi connectivity index (χ3v) is 6.25. The highest BCUT2D eigenvalue weighted by Gasteiger charge is 2.40. The maximum atomic E-state index is 13.0. The molecule has 1 saturated carbocycles. The first-order valence-corrected chi connectivity index (χ1v) is 10.3. The summed E-state index contributed by atoms with van der Waals surface area (Å²) in [6.45, 7) is 3.98. The lowest BCUT2D eigenvalue weighted by atomic mass is 9.67. The minimum Gasteiger partial charge on any atom is -0.506 e. The Hall–Kier alpha value is -2.12. The van der Waals surface area contributed by atoms with Gasteiger partial charge in [-0.3, -0.25) is 14.4 Å². The first-order valence-electron chi connectivity index (χ1n) is 9.96. The summed E-state index contributed by atoms with van der Waals surface area (Å²) >= 11 is 5.90. The zero-order valence-electron chi connectivity index (χ0n) is 16.7. The van der Waals surface area contributed by atoms with Crippen LogP contribution in [0.1, 0.15) is 56.3 Å². The van der Waals surface area contributed by atoms with Crippen LogP contribution in [0.15, 0.2) is 18.2 Å². The number of carbonyl (C=O) groups excluding carboxylic acids is 3. The van der Waals surface area contributed by atoms with Gasteiger partial charge in [-0.15, -0.1) is 0 Å². The number of nitrogens with one attached hydrogen (secondary N) is 2. The Bertz CT molecular complexity index is 808. The number of halogens is 1. The van der Waals surface area contributed by atoms with Crippen LogP contribution < -0.4 is 10.6 Å². The van der Waals surface area contributed by atoms with E-state index < -0.39 is 23.9 Å². The zero-order valence-corrected chi connectivity index (χ0v) is 17.4. The molecule has 3 atom stereocenters. The number of benzene rings is 1. The monoisotopic (exact) mass is 422 g/mol. The lowest BCUT2D eigenvalue weighted by molar-refractivity contribution is -0.128. The summed E-state index contributed by atoms with van der Waals surface area (Å²) in [7, 11) is 0. The van der Waals surface area contributed by atoms with Crippen LogP contribution in [0.2, 0.25) is 5.02 Å². The van der Waals surface area contributed by atoms with E-state index in [4.69, 9.17) is 16.3 Å². The zero-order chi connectivity index (χ0) is 21.2. The summed E-state index contributed by atoms with van der Waals surface area (Å²) in [5, 5.41) is 15.2. The van der Waals surface area contributed by atoms with Crippen LogP contribution in [0.25, 0.3) is 0 Å². The SMILES string of the molecule is CC[C@@H]1OCC(=O)[C@H]1NC(=O)[C@H](CC1(C)CCC1)NC(=O)c1ccc(O)c(Cl)c1. The molecule has 7 nitrogen and oxygen atoms in total. The van der Waals surface area contributed by atoms with E-state index in [2.05, 4.69) is 17.6 Å². The van der Waals surface area contributed by atoms with Gasteiger partial charge in [-0.05, 0) is 49.3 Å². The van der Waals surface area contributed by atoms with Crippen LogP contribution >= 0.6 is 11.6 Å². The molecule has 1 aromatic rings. The summed E-state index contributed by atoms with van der Waals surface area (Å²) in [6.07, 6.45) is 3.81. The van der Waals surface area contributed by atoms with Crippen LogP contribution in [0, 0.1) is 5.41 Å². The number of carbonyl (C=O) groups is 3. The molecule has 0 radical (unpaired) electrons. The van der Waals surface area contributed by atoms with Crippen LogP contribution in [0.3, 0.4) is 0 Å². The van der Waals surface area contributed by atoms with Crippen molar-refractivity contribution in [2.24, 2.45) is 5.41 Å². The predicted octanol–water partition coefficient (Wildman–Crippen LogP) is 2.59. The van der Waals surface area contributed by atoms with Crippen molar-refractivity contribution < 1.29 is 24.2 Å². The molecule has 1 aliphatic carbocycles. The molecule has 0 unspecified atom stereocenters. The Labute approximate surface area is 175 Å². The van der Waals surface area contributed by atoms with Crippen molar-refractivity contribution in [1.82, 2.24) is 10.6 Å². The highest BCUT2D eigenvalue weighted by Crippen LogP contribution is 2.44. The molecule has 1 heterocycles. The topological polar surface area (TPSA) is 105 Å². The third-order valence-electron chi connectivity index (χ3n) is 5.95. The van der Waals surface area contributed by atoms with Crippen LogP contribution in [0.4, 0.5) is 0 Å². The van der Waals surface area contributed by atoms with E-state index in [9.17, 15) is 19.5 Å². The lowest BCUT2D eigenvalue weighted by Gasteiger charge is -2.41. The van der Waals surface area contributed by atoms with Crippen molar-refractivity contribution in [3.63, 3.8) is 0 Å². The Kier molecular flexibility index (Phi) is 6.49. The van der Waals surface area contributed by atoms with Crippen molar-refractivity contribution >= 4 is 29.2 Å². The van der Waals surface area contributed by atoms with E-state index in [1.807, 2.05) is 6.92 Å². The van der Waals surface area contributed by atoms with Gasteiger partial charge in [0.2, 0.25) is 5.91 Å². The van der Waals surface area contributed by atoms with Crippen LogP contribution in [-0.2, 0) is 14.3 Å². The number of aromatic hydroxyl groups is 1. The fourth-order valence-electron chi connectivity index (χ4n) is 3.94. The number of Topliss-reactive ketones (excluding diaryl/α,β-unsaturated/α-hetero) is 1. The fourth-order valence-corrected chi connectivity index (χ4v) is 4.12. The molecule has 1 aliphatic heterocycles. The highest BCUT2D eigenvalue weighted by molar-refractivity contribution is 6.32. The predicted molar refractivity (Wildman–Crippen MR) is 108 cm³/mol. The molecule has 0 spiro atoms. The molecule has 2 fully saturated rings. The summed E-state index contributed by atoms with van der Waals surface area (Å²) in [6, 6.07) is 2.65. The molecule has 3 rings (SSSR count). The van der Waals surface area contributed by atoms with E-state index in [1.54, 1.807) is 0 Å². The summed E-state index contributed by atoms with van der Waals surface area (Å²) in [5.41, 5.74) is 0.221. The molecule has 2 aliphatic rings. The second kappa shape index (κ2) is 8.71. The number of ketones is 1. The van der Waals surface area contributed by atoms with Crippen molar-refractivity contribution in [2.75, 3.05) is 6.61 Å². The summed E-state index contributed by atoms with van der Waals surface area (Å²) in [4.78, 5) is 37.8. The average molecular weight is 423 g/mol. The van der Waals surface area contributed by atoms with Crippen molar-refractivity contribution in [3.05, 3.63) is 28.8 Å². The van der Waals surface area contributed by atoms with Gasteiger partial charge in [-0.25, -0.2) is 0 Å². The number of amides is 2. The second-order valence-electron chi connectivity index (χ2n) is 8.27. The largest absolute Gasteiger partial charge is 0.506 e. The van der Waals surface area contributed by atoms with E-state index in [0.717, 1.165) is 19.3 Å². The number of phenolic OH excluding ortho intramolecular Hbond substituents is 1. The molecule has 8 heteroatoms. The minimum absolute atomic E-state index is 0.00972. The van der Waals surface area contributed by atoms with Gasteiger partial charge in [0.15, 0.2) is 5.78 Å². The Morgan fingerprint density at radius 2 is 2.10 bits per heavy atom. The molecule has 0 aromatic heterocycles. The third kappa shape index (κ3) is 4.90. The van der Waals surface area contributed by atoms with E-state index >= 15 is 0 Å². The number of hydrogen-bond donors (Lipinski definition) is 3. The van der Waals surface area contributed by atoms with Gasteiger partial charge in [0.05, 0.1) is 11.1 Å². The van der Waals surface area contributed by atoms with Gasteiger partial charge >= 0.3 is 0 Å². The Morgan fingerprint density at radius 1 is 1.38 bits per heavy atom. The van der Waals surface area contributed by atoms with E-state index in [0.29, 0.717) is 12.8 Å². The molecule has 2 amide bonds. The molecule has 1 aromatic carbocycles. The molecule has 0 bridgehead atoms. The molecular weight excluding hydrogens is 396 g/mol. The van der Waals surface area contributed by atoms with E-state index in [-0.39, 0.29) is 40.2 Å². The Morgan fingerprint density at radius 3 is 2.69 bits per heavy atom. The standard InChI is InChI=1S/C21H27ClN2O5/c1-3-17-18(16(26)11-29-17)24-20(28)14(10-21(2)7-4-8-21)23-19(27)12-5-6-15(25)13(22)9-12/h5-6,9,14,17-18,25H,3-4,7-8,10-11H2,1-2H3,(H,23,27)(H,24,28)/t14-,17-,18+/m0/s1. The molecule has 158 valence electrons. The normalized spacial score (nSPS) is 23.9. The number of ether oxygens (including phenoxy) is 1. The molecule has 29 heavy (non-hydrogen) atoms. The minimum atomic E-state index is -0.786. The smallest absolute Gasteiger partial charge is 0.251 e. The van der Waals surface area contributed by atoms with Crippen molar-refractivity contribution in [1.29, 1.82) is 0 Å². The highest BCUT2D eigenvalue weighted by atomic mass is 35.5. The number of rotatable bonds is 7. The maximum Gasteiger partial charge on any atom is 0.251 e. The first-order chi connectivity index (χ1) is 13.7. The summed E-state index contributed by atoms with van der Waals surface area (Å²) in [5.74, 6) is -1.13. The van der Waals surface area contributed by atoms with Gasteiger partial charge in [-0.2, -0.15) is 0 Å². The lowest BCUT2D eigenvalue weighted by Crippen LogP contribution is -2.55. The van der Waals surface area contributed by atoms with Gasteiger partial charge < -0.3 is 20.5 Å². The first kappa shape index (κ1) is 21.6. The number of hydrogen-bond acceptors (Lipinski definition) is 5. The van der Waals surface area contributed by atoms with Crippen LogP contribution in [-0.4, -0.2) is 47.5 Å². The van der Waals surface area contributed by atoms with Gasteiger partial charge in [-0.1, -0.05) is 31.9 Å². The summed E-state index contributed by atoms with van der Waals surface area (Å²) < 4.78 is 5.43. The van der Waals surface area contributed by atoms with Gasteiger partial charge in [0.1, 0.15) is 24.4 Å². The van der Waals surface area contributed by atoms with Gasteiger partial charge in [0, 0.05) is 5.56 Å². The molecule has 3 N–H and O–H groups in total. The van der Waals surface area contributed by atoms with Crippen molar-refractivity contribution in [2.45, 2.75) is 64.1 Å². The van der Waals surface area contributed by atoms with Crippen molar-refractivity contribution in [3.8, 4) is 5.75 Å². The quantitative estimate of drug-likeness (QED) is 0.626. The second-order valence-corrected chi connectivity index (χ2v) is 8.68. The number of phenols is 1.